The Labute approximate surface area is 190 Å². The van der Waals surface area contributed by atoms with Crippen LogP contribution in [0.5, 0.6) is 5.75 Å². The van der Waals surface area contributed by atoms with Gasteiger partial charge in [-0.2, -0.15) is 5.10 Å². The molecular formula is C23H28F3N5O2. The van der Waals surface area contributed by atoms with Crippen LogP contribution < -0.4 is 10.5 Å². The molecule has 7 nitrogen and oxygen atoms in total. The fourth-order valence-electron chi connectivity index (χ4n) is 6.41. The lowest BCUT2D eigenvalue weighted by Gasteiger charge is -2.33. The number of aromatic nitrogens is 3. The van der Waals surface area contributed by atoms with Gasteiger partial charge >= 0.3 is 6.36 Å². The Kier molecular flexibility index (Phi) is 4.72. The Hall–Kier alpha value is -2.33. The van der Waals surface area contributed by atoms with Crippen molar-refractivity contribution in [2.45, 2.75) is 69.6 Å². The van der Waals surface area contributed by atoms with E-state index in [2.05, 4.69) is 28.5 Å². The molecule has 2 bridgehead atoms. The third-order valence-electron chi connectivity index (χ3n) is 7.83. The van der Waals surface area contributed by atoms with E-state index in [0.717, 1.165) is 18.8 Å². The number of pyridine rings is 1. The topological polar surface area (TPSA) is 78.4 Å². The number of hydrogen-bond acceptors (Lipinski definition) is 6. The Morgan fingerprint density at radius 2 is 1.91 bits per heavy atom. The molecule has 0 amide bonds. The molecule has 2 N–H and O–H groups in total. The predicted molar refractivity (Wildman–Crippen MR) is 115 cm³/mol. The third-order valence-corrected chi connectivity index (χ3v) is 7.83. The number of morpholine rings is 1. The van der Waals surface area contributed by atoms with E-state index in [4.69, 9.17) is 15.6 Å². The van der Waals surface area contributed by atoms with Crippen LogP contribution in [0.3, 0.4) is 0 Å². The first-order valence-electron chi connectivity index (χ1n) is 11.7. The summed E-state index contributed by atoms with van der Waals surface area (Å²) >= 11 is 0. The van der Waals surface area contributed by atoms with Gasteiger partial charge in [0.15, 0.2) is 11.6 Å². The highest BCUT2D eigenvalue weighted by molar-refractivity contribution is 5.64. The van der Waals surface area contributed by atoms with Crippen LogP contribution in [-0.2, 0) is 4.74 Å². The number of hydrogen-bond donors (Lipinski definition) is 1. The van der Waals surface area contributed by atoms with Gasteiger partial charge < -0.3 is 15.2 Å². The minimum Gasteiger partial charge on any atom is -0.402 e. The van der Waals surface area contributed by atoms with Crippen molar-refractivity contribution in [1.29, 1.82) is 0 Å². The van der Waals surface area contributed by atoms with Gasteiger partial charge in [0.1, 0.15) is 0 Å². The van der Waals surface area contributed by atoms with Crippen LogP contribution in [0.4, 0.5) is 19.0 Å². The number of rotatable bonds is 5. The van der Waals surface area contributed by atoms with E-state index < -0.39 is 12.1 Å². The number of fused-ring (bicyclic) bond motifs is 3. The summed E-state index contributed by atoms with van der Waals surface area (Å²) in [6.45, 7) is 6.09. The van der Waals surface area contributed by atoms with Crippen LogP contribution in [0.15, 0.2) is 18.3 Å². The molecule has 0 radical (unpaired) electrons. The standard InChI is InChI=1S/C23H28F3N5O2/c1-11(2)31-19(7-18(29-31)12-3-20(22(27)28-8-12)33-23(24,25)26)21-16-5-13(6-17(16)21)30-9-15-4-14(30)10-32-15/h3,7-8,11,13-17,21H,4-6,9-10H2,1-2H3,(H2,27,28)/t13?,14-,15-,16-,17+,21-/m1/s1. The van der Waals surface area contributed by atoms with Crippen LogP contribution in [0.1, 0.15) is 50.8 Å². The highest BCUT2D eigenvalue weighted by atomic mass is 19.4. The Bertz CT molecular complexity index is 1060. The number of nitrogens with zero attached hydrogens (tertiary/aromatic N) is 4. The first-order valence-corrected chi connectivity index (χ1v) is 11.7. The van der Waals surface area contributed by atoms with Crippen molar-refractivity contribution < 1.29 is 22.6 Å². The highest BCUT2D eigenvalue weighted by Crippen LogP contribution is 2.64. The zero-order valence-corrected chi connectivity index (χ0v) is 18.6. The fraction of sp³-hybridized carbons (Fsp3) is 0.652. The number of halogens is 3. The smallest absolute Gasteiger partial charge is 0.402 e. The maximum absolute atomic E-state index is 12.7. The van der Waals surface area contributed by atoms with Gasteiger partial charge in [0, 0.05) is 48.0 Å². The summed E-state index contributed by atoms with van der Waals surface area (Å²) in [4.78, 5) is 6.57. The van der Waals surface area contributed by atoms with Crippen molar-refractivity contribution in [2.24, 2.45) is 11.8 Å². The second-order valence-electron chi connectivity index (χ2n) is 10.2. The molecule has 2 saturated carbocycles. The van der Waals surface area contributed by atoms with E-state index in [9.17, 15) is 13.2 Å². The lowest BCUT2D eigenvalue weighted by atomic mass is 10.0. The molecule has 0 aromatic carbocycles. The largest absolute Gasteiger partial charge is 0.573 e. The van der Waals surface area contributed by atoms with E-state index in [1.165, 1.54) is 31.5 Å². The second-order valence-corrected chi connectivity index (χ2v) is 10.2. The molecule has 4 aliphatic rings. The summed E-state index contributed by atoms with van der Waals surface area (Å²) in [5.74, 6) is 0.934. The number of nitrogens with two attached hydrogens (primary N) is 1. The molecular weight excluding hydrogens is 435 g/mol. The molecule has 2 aromatic heterocycles. The predicted octanol–water partition coefficient (Wildman–Crippen LogP) is 3.97. The molecule has 4 heterocycles. The summed E-state index contributed by atoms with van der Waals surface area (Å²) < 4.78 is 50.0. The monoisotopic (exact) mass is 463 g/mol. The van der Waals surface area contributed by atoms with Crippen molar-refractivity contribution in [3.8, 4) is 17.0 Å². The number of alkyl halides is 3. The minimum absolute atomic E-state index is 0.143. The summed E-state index contributed by atoms with van der Waals surface area (Å²) in [5, 5.41) is 4.74. The minimum atomic E-state index is -4.83. The number of nitrogen functional groups attached to an aromatic ring is 1. The van der Waals surface area contributed by atoms with E-state index in [1.54, 1.807) is 0 Å². The van der Waals surface area contributed by atoms with Gasteiger partial charge in [0.05, 0.1) is 18.4 Å². The molecule has 1 unspecified atom stereocenters. The fourth-order valence-corrected chi connectivity index (χ4v) is 6.41. The third kappa shape index (κ3) is 3.67. The second kappa shape index (κ2) is 7.33. The molecule has 2 aliphatic carbocycles. The Balaban J connectivity index is 1.22. The molecule has 4 fully saturated rings. The average Bonchev–Trinajstić information content (AvgIpc) is 3.32. The molecule has 2 aromatic rings. The van der Waals surface area contributed by atoms with Gasteiger partial charge in [-0.3, -0.25) is 9.58 Å². The molecule has 0 spiro atoms. The van der Waals surface area contributed by atoms with Gasteiger partial charge in [-0.1, -0.05) is 0 Å². The lowest BCUT2D eigenvalue weighted by molar-refractivity contribution is -0.274. The van der Waals surface area contributed by atoms with Crippen LogP contribution in [0, 0.1) is 11.8 Å². The van der Waals surface area contributed by atoms with E-state index in [0.29, 0.717) is 47.2 Å². The Morgan fingerprint density at radius 1 is 1.15 bits per heavy atom. The molecule has 10 heteroatoms. The highest BCUT2D eigenvalue weighted by Gasteiger charge is 2.60. The van der Waals surface area contributed by atoms with Crippen molar-refractivity contribution in [1.82, 2.24) is 19.7 Å². The van der Waals surface area contributed by atoms with E-state index in [1.807, 2.05) is 10.7 Å². The van der Waals surface area contributed by atoms with Crippen LogP contribution in [0.25, 0.3) is 11.3 Å². The summed E-state index contributed by atoms with van der Waals surface area (Å²) in [5.41, 5.74) is 7.80. The van der Waals surface area contributed by atoms with E-state index >= 15 is 0 Å². The zero-order valence-electron chi connectivity index (χ0n) is 18.6. The van der Waals surface area contributed by atoms with Gasteiger partial charge in [0.25, 0.3) is 0 Å². The maximum atomic E-state index is 12.7. The lowest BCUT2D eigenvalue weighted by Crippen LogP contribution is -2.43. The van der Waals surface area contributed by atoms with Crippen molar-refractivity contribution in [3.05, 3.63) is 24.0 Å². The first kappa shape index (κ1) is 21.2. The molecule has 33 heavy (non-hydrogen) atoms. The maximum Gasteiger partial charge on any atom is 0.573 e. The van der Waals surface area contributed by atoms with Crippen molar-refractivity contribution >= 4 is 5.82 Å². The van der Waals surface area contributed by atoms with Gasteiger partial charge in [-0.05, 0) is 57.1 Å². The van der Waals surface area contributed by atoms with Crippen molar-refractivity contribution in [3.63, 3.8) is 0 Å². The quantitative estimate of drug-likeness (QED) is 0.723. The SMILES string of the molecule is CC(C)n1nc(-c2cnc(N)c(OC(F)(F)F)c2)cc1[C@@H]1[C@@H]2CC(N3C[C@H]4C[C@@H]3CO4)C[C@@H]21. The molecule has 178 valence electrons. The number of ether oxygens (including phenoxy) is 2. The summed E-state index contributed by atoms with van der Waals surface area (Å²) in [6, 6.07) is 4.66. The summed E-state index contributed by atoms with van der Waals surface area (Å²) in [7, 11) is 0. The Morgan fingerprint density at radius 3 is 2.52 bits per heavy atom. The summed E-state index contributed by atoms with van der Waals surface area (Å²) in [6.07, 6.45) is 0.610. The molecule has 2 aliphatic heterocycles. The van der Waals surface area contributed by atoms with Crippen LogP contribution >= 0.6 is 0 Å². The van der Waals surface area contributed by atoms with Crippen LogP contribution in [0.2, 0.25) is 0 Å². The van der Waals surface area contributed by atoms with Crippen LogP contribution in [-0.4, -0.2) is 57.4 Å². The molecule has 6 rings (SSSR count). The molecule has 6 atom stereocenters. The number of anilines is 1. The first-order chi connectivity index (χ1) is 15.7. The average molecular weight is 464 g/mol. The van der Waals surface area contributed by atoms with Gasteiger partial charge in [-0.15, -0.1) is 13.2 Å². The van der Waals surface area contributed by atoms with Gasteiger partial charge in [-0.25, -0.2) is 4.98 Å². The molecule has 2 saturated heterocycles. The van der Waals surface area contributed by atoms with Gasteiger partial charge in [0.2, 0.25) is 0 Å². The normalized spacial score (nSPS) is 33.2. The number of likely N-dealkylation sites (tertiary alicyclic amines) is 1. The van der Waals surface area contributed by atoms with Crippen molar-refractivity contribution in [2.75, 3.05) is 18.9 Å². The zero-order chi connectivity index (χ0) is 23.1. The van der Waals surface area contributed by atoms with E-state index in [-0.39, 0.29) is 11.9 Å².